The molecule has 9 heteroatoms. The first-order valence-corrected chi connectivity index (χ1v) is 9.74. The molecule has 0 unspecified atom stereocenters. The number of sulfonamides is 1. The van der Waals surface area contributed by atoms with Gasteiger partial charge < -0.3 is 10.6 Å². The smallest absolute Gasteiger partial charge is 0.240 e. The Balaban J connectivity index is 1.95. The average Bonchev–Trinajstić information content (AvgIpc) is 2.59. The molecule has 0 aliphatic carbocycles. The molecule has 1 aromatic carbocycles. The van der Waals surface area contributed by atoms with Crippen molar-refractivity contribution in [1.29, 1.82) is 0 Å². The quantitative estimate of drug-likeness (QED) is 0.451. The highest BCUT2D eigenvalue weighted by molar-refractivity contribution is 7.89. The number of aryl methyl sites for hydroxylation is 1. The number of hydrogen-bond acceptors (Lipinski definition) is 7. The molecule has 0 radical (unpaired) electrons. The SMILES string of the molecule is CCNc1cc(C)nc(NCCNS(=O)(=O)c2cccc(C(C)=O)c2)n1. The van der Waals surface area contributed by atoms with Crippen molar-refractivity contribution in [2.24, 2.45) is 0 Å². The summed E-state index contributed by atoms with van der Waals surface area (Å²) in [5.74, 6) is 0.958. The van der Waals surface area contributed by atoms with Crippen LogP contribution in [-0.2, 0) is 10.0 Å². The molecule has 0 bridgehead atoms. The predicted octanol–water partition coefficient (Wildman–Crippen LogP) is 1.81. The number of Topliss-reactive ketones (excluding diaryl/α,β-unsaturated/α-hetero) is 1. The Labute approximate surface area is 153 Å². The first kappa shape index (κ1) is 19.8. The number of carbonyl (C=O) groups is 1. The maximum atomic E-state index is 12.3. The van der Waals surface area contributed by atoms with E-state index in [4.69, 9.17) is 0 Å². The number of nitrogens with one attached hydrogen (secondary N) is 3. The molecule has 8 nitrogen and oxygen atoms in total. The Morgan fingerprint density at radius 3 is 2.58 bits per heavy atom. The van der Waals surface area contributed by atoms with Gasteiger partial charge in [-0.3, -0.25) is 4.79 Å². The summed E-state index contributed by atoms with van der Waals surface area (Å²) >= 11 is 0. The van der Waals surface area contributed by atoms with Crippen molar-refractivity contribution < 1.29 is 13.2 Å². The van der Waals surface area contributed by atoms with Crippen LogP contribution in [0.1, 0.15) is 29.9 Å². The first-order chi connectivity index (χ1) is 12.3. The Morgan fingerprint density at radius 1 is 1.12 bits per heavy atom. The topological polar surface area (TPSA) is 113 Å². The van der Waals surface area contributed by atoms with Crippen molar-refractivity contribution in [3.05, 3.63) is 41.6 Å². The molecule has 3 N–H and O–H groups in total. The highest BCUT2D eigenvalue weighted by atomic mass is 32.2. The van der Waals surface area contributed by atoms with Gasteiger partial charge in [0.2, 0.25) is 16.0 Å². The molecule has 0 amide bonds. The molecule has 0 aliphatic rings. The second-order valence-corrected chi connectivity index (χ2v) is 7.42. The van der Waals surface area contributed by atoms with E-state index in [1.165, 1.54) is 19.1 Å². The average molecular weight is 377 g/mol. The number of carbonyl (C=O) groups excluding carboxylic acids is 1. The largest absolute Gasteiger partial charge is 0.370 e. The lowest BCUT2D eigenvalue weighted by molar-refractivity contribution is 0.101. The van der Waals surface area contributed by atoms with E-state index in [0.29, 0.717) is 23.9 Å². The van der Waals surface area contributed by atoms with Gasteiger partial charge in [-0.05, 0) is 32.9 Å². The minimum Gasteiger partial charge on any atom is -0.370 e. The summed E-state index contributed by atoms with van der Waals surface area (Å²) in [6.07, 6.45) is 0. The van der Waals surface area contributed by atoms with E-state index in [1.54, 1.807) is 12.1 Å². The van der Waals surface area contributed by atoms with E-state index in [-0.39, 0.29) is 17.2 Å². The second-order valence-electron chi connectivity index (χ2n) is 5.66. The van der Waals surface area contributed by atoms with Gasteiger partial charge in [0.25, 0.3) is 0 Å². The number of hydrogen-bond donors (Lipinski definition) is 3. The van der Waals surface area contributed by atoms with Crippen LogP contribution in [0.5, 0.6) is 0 Å². The van der Waals surface area contributed by atoms with Gasteiger partial charge in [-0.15, -0.1) is 0 Å². The lowest BCUT2D eigenvalue weighted by Gasteiger charge is -2.10. The minimum absolute atomic E-state index is 0.0615. The number of nitrogens with zero attached hydrogens (tertiary/aromatic N) is 2. The molecule has 1 aromatic heterocycles. The highest BCUT2D eigenvalue weighted by Gasteiger charge is 2.14. The summed E-state index contributed by atoms with van der Waals surface area (Å²) in [7, 11) is -3.69. The third-order valence-corrected chi connectivity index (χ3v) is 4.92. The van der Waals surface area contributed by atoms with Gasteiger partial charge in [0.15, 0.2) is 5.78 Å². The first-order valence-electron chi connectivity index (χ1n) is 8.26. The molecule has 1 heterocycles. The summed E-state index contributed by atoms with van der Waals surface area (Å²) in [6, 6.07) is 7.78. The van der Waals surface area contributed by atoms with E-state index in [1.807, 2.05) is 19.9 Å². The van der Waals surface area contributed by atoms with Gasteiger partial charge in [0.1, 0.15) is 5.82 Å². The van der Waals surface area contributed by atoms with Gasteiger partial charge in [0.05, 0.1) is 4.90 Å². The van der Waals surface area contributed by atoms with Crippen LogP contribution in [0.2, 0.25) is 0 Å². The molecule has 0 atom stereocenters. The van der Waals surface area contributed by atoms with Crippen LogP contribution in [0.4, 0.5) is 11.8 Å². The van der Waals surface area contributed by atoms with E-state index in [0.717, 1.165) is 12.2 Å². The van der Waals surface area contributed by atoms with Crippen molar-refractivity contribution in [1.82, 2.24) is 14.7 Å². The van der Waals surface area contributed by atoms with Crippen molar-refractivity contribution in [2.75, 3.05) is 30.3 Å². The third-order valence-electron chi connectivity index (χ3n) is 3.46. The van der Waals surface area contributed by atoms with Crippen LogP contribution in [0, 0.1) is 6.92 Å². The van der Waals surface area contributed by atoms with Gasteiger partial charge >= 0.3 is 0 Å². The summed E-state index contributed by atoms with van der Waals surface area (Å²) in [4.78, 5) is 20.0. The monoisotopic (exact) mass is 377 g/mol. The number of ketones is 1. The van der Waals surface area contributed by atoms with E-state index in [9.17, 15) is 13.2 Å². The summed E-state index contributed by atoms with van der Waals surface area (Å²) in [6.45, 7) is 6.45. The normalized spacial score (nSPS) is 11.2. The fourth-order valence-electron chi connectivity index (χ4n) is 2.24. The number of benzene rings is 1. The summed E-state index contributed by atoms with van der Waals surface area (Å²) in [5.41, 5.74) is 1.16. The second kappa shape index (κ2) is 8.72. The number of anilines is 2. The molecular weight excluding hydrogens is 354 g/mol. The fourth-order valence-corrected chi connectivity index (χ4v) is 3.32. The zero-order valence-corrected chi connectivity index (χ0v) is 15.9. The van der Waals surface area contributed by atoms with Crippen LogP contribution >= 0.6 is 0 Å². The van der Waals surface area contributed by atoms with Crippen molar-refractivity contribution >= 4 is 27.6 Å². The molecule has 0 saturated heterocycles. The van der Waals surface area contributed by atoms with Gasteiger partial charge in [0, 0.05) is 37.0 Å². The van der Waals surface area contributed by atoms with E-state index < -0.39 is 10.0 Å². The minimum atomic E-state index is -3.69. The van der Waals surface area contributed by atoms with Gasteiger partial charge in [-0.2, -0.15) is 4.98 Å². The zero-order chi connectivity index (χ0) is 19.2. The summed E-state index contributed by atoms with van der Waals surface area (Å²) in [5, 5.41) is 6.10. The Bertz CT molecular complexity index is 884. The van der Waals surface area contributed by atoms with Crippen LogP contribution < -0.4 is 15.4 Å². The van der Waals surface area contributed by atoms with Crippen molar-refractivity contribution in [2.45, 2.75) is 25.7 Å². The highest BCUT2D eigenvalue weighted by Crippen LogP contribution is 2.12. The molecule has 0 saturated carbocycles. The molecule has 26 heavy (non-hydrogen) atoms. The lowest BCUT2D eigenvalue weighted by Crippen LogP contribution is -2.29. The van der Waals surface area contributed by atoms with Crippen molar-refractivity contribution in [3.63, 3.8) is 0 Å². The van der Waals surface area contributed by atoms with Crippen LogP contribution in [0.25, 0.3) is 0 Å². The van der Waals surface area contributed by atoms with Crippen LogP contribution in [0.15, 0.2) is 35.2 Å². The van der Waals surface area contributed by atoms with E-state index >= 15 is 0 Å². The molecule has 0 aliphatic heterocycles. The standard InChI is InChI=1S/C17H23N5O3S/c1-4-18-16-10-12(2)21-17(22-16)19-8-9-20-26(24,25)15-7-5-6-14(11-15)13(3)23/h5-7,10-11,20H,4,8-9H2,1-3H3,(H2,18,19,21,22). The van der Waals surface area contributed by atoms with Crippen molar-refractivity contribution in [3.8, 4) is 0 Å². The fraction of sp³-hybridized carbons (Fsp3) is 0.353. The zero-order valence-electron chi connectivity index (χ0n) is 15.0. The lowest BCUT2D eigenvalue weighted by atomic mass is 10.2. The number of aromatic nitrogens is 2. The maximum Gasteiger partial charge on any atom is 0.240 e. The van der Waals surface area contributed by atoms with Crippen LogP contribution in [0.3, 0.4) is 0 Å². The maximum absolute atomic E-state index is 12.3. The Hall–Kier alpha value is -2.52. The van der Waals surface area contributed by atoms with Gasteiger partial charge in [-0.1, -0.05) is 12.1 Å². The number of rotatable bonds is 9. The van der Waals surface area contributed by atoms with E-state index in [2.05, 4.69) is 25.3 Å². The molecule has 2 aromatic rings. The predicted molar refractivity (Wildman–Crippen MR) is 101 cm³/mol. The molecular formula is C17H23N5O3S. The molecule has 0 spiro atoms. The summed E-state index contributed by atoms with van der Waals surface area (Å²) < 4.78 is 27.1. The Kier molecular flexibility index (Phi) is 6.64. The van der Waals surface area contributed by atoms with Gasteiger partial charge in [-0.25, -0.2) is 18.1 Å². The molecule has 0 fully saturated rings. The van der Waals surface area contributed by atoms with Crippen LogP contribution in [-0.4, -0.2) is 43.8 Å². The molecule has 140 valence electrons. The Morgan fingerprint density at radius 2 is 1.88 bits per heavy atom. The third kappa shape index (κ3) is 5.50. The molecule has 2 rings (SSSR count).